The zero-order valence-electron chi connectivity index (χ0n) is 9.38. The highest BCUT2D eigenvalue weighted by Gasteiger charge is 2.20. The lowest BCUT2D eigenvalue weighted by Gasteiger charge is -2.07. The standard InChI is InChI=1S/C13H7ClF3NO/c14-8-3-1-2-6(12(8)18)13(19)7-4-10(16)11(17)5-9(7)15/h1-5H,18H2. The van der Waals surface area contributed by atoms with Gasteiger partial charge in [-0.3, -0.25) is 4.79 Å². The van der Waals surface area contributed by atoms with Crippen molar-refractivity contribution >= 4 is 23.1 Å². The second kappa shape index (κ2) is 4.93. The molecule has 0 bridgehead atoms. The van der Waals surface area contributed by atoms with Crippen molar-refractivity contribution < 1.29 is 18.0 Å². The van der Waals surface area contributed by atoms with E-state index in [1.165, 1.54) is 18.2 Å². The molecule has 2 aromatic rings. The Hall–Kier alpha value is -2.01. The fraction of sp³-hybridized carbons (Fsp3) is 0. The van der Waals surface area contributed by atoms with Gasteiger partial charge in [0, 0.05) is 11.6 Å². The van der Waals surface area contributed by atoms with Crippen LogP contribution in [0.5, 0.6) is 0 Å². The van der Waals surface area contributed by atoms with Gasteiger partial charge >= 0.3 is 0 Å². The van der Waals surface area contributed by atoms with Crippen molar-refractivity contribution in [2.24, 2.45) is 0 Å². The number of carbonyl (C=O) groups is 1. The van der Waals surface area contributed by atoms with Gasteiger partial charge in [-0.15, -0.1) is 0 Å². The molecule has 0 saturated carbocycles. The van der Waals surface area contributed by atoms with E-state index in [9.17, 15) is 18.0 Å². The van der Waals surface area contributed by atoms with Crippen LogP contribution in [-0.2, 0) is 0 Å². The lowest BCUT2D eigenvalue weighted by Crippen LogP contribution is -2.09. The van der Waals surface area contributed by atoms with E-state index in [4.69, 9.17) is 17.3 Å². The summed E-state index contributed by atoms with van der Waals surface area (Å²) in [6, 6.07) is 5.03. The first-order valence-electron chi connectivity index (χ1n) is 5.15. The van der Waals surface area contributed by atoms with Crippen molar-refractivity contribution in [1.29, 1.82) is 0 Å². The van der Waals surface area contributed by atoms with Crippen LogP contribution in [0.25, 0.3) is 0 Å². The minimum atomic E-state index is -1.37. The molecule has 0 atom stereocenters. The first-order valence-corrected chi connectivity index (χ1v) is 5.53. The predicted molar refractivity (Wildman–Crippen MR) is 65.6 cm³/mol. The summed E-state index contributed by atoms with van der Waals surface area (Å²) in [6.45, 7) is 0. The van der Waals surface area contributed by atoms with Crippen molar-refractivity contribution in [3.8, 4) is 0 Å². The molecule has 2 nitrogen and oxygen atoms in total. The molecule has 6 heteroatoms. The number of anilines is 1. The van der Waals surface area contributed by atoms with E-state index < -0.39 is 28.8 Å². The molecule has 2 rings (SSSR count). The van der Waals surface area contributed by atoms with Gasteiger partial charge in [-0.05, 0) is 18.2 Å². The zero-order chi connectivity index (χ0) is 14.2. The zero-order valence-corrected chi connectivity index (χ0v) is 10.1. The monoisotopic (exact) mass is 285 g/mol. The Labute approximate surface area is 111 Å². The first kappa shape index (κ1) is 13.4. The summed E-state index contributed by atoms with van der Waals surface area (Å²) in [7, 11) is 0. The molecule has 0 aliphatic rings. The normalized spacial score (nSPS) is 10.5. The van der Waals surface area contributed by atoms with Crippen LogP contribution in [0.3, 0.4) is 0 Å². The molecule has 0 heterocycles. The molecular formula is C13H7ClF3NO. The third-order valence-corrected chi connectivity index (χ3v) is 2.88. The highest BCUT2D eigenvalue weighted by molar-refractivity contribution is 6.34. The molecule has 98 valence electrons. The molecule has 0 aliphatic heterocycles. The molecule has 0 saturated heterocycles. The Morgan fingerprint density at radius 2 is 1.63 bits per heavy atom. The van der Waals surface area contributed by atoms with Crippen LogP contribution in [0, 0.1) is 17.5 Å². The Morgan fingerprint density at radius 1 is 1.00 bits per heavy atom. The predicted octanol–water partition coefficient (Wildman–Crippen LogP) is 3.57. The van der Waals surface area contributed by atoms with Gasteiger partial charge in [0.2, 0.25) is 0 Å². The van der Waals surface area contributed by atoms with Gasteiger partial charge in [0.1, 0.15) is 5.82 Å². The highest BCUT2D eigenvalue weighted by Crippen LogP contribution is 2.26. The van der Waals surface area contributed by atoms with Crippen LogP contribution in [0.15, 0.2) is 30.3 Å². The third-order valence-electron chi connectivity index (χ3n) is 2.55. The van der Waals surface area contributed by atoms with Crippen LogP contribution in [0.2, 0.25) is 5.02 Å². The minimum Gasteiger partial charge on any atom is -0.397 e. The van der Waals surface area contributed by atoms with Crippen molar-refractivity contribution in [2.45, 2.75) is 0 Å². The quantitative estimate of drug-likeness (QED) is 0.521. The van der Waals surface area contributed by atoms with Crippen LogP contribution in [0.1, 0.15) is 15.9 Å². The summed E-state index contributed by atoms with van der Waals surface area (Å²) >= 11 is 5.74. The fourth-order valence-electron chi connectivity index (χ4n) is 1.58. The summed E-state index contributed by atoms with van der Waals surface area (Å²) < 4.78 is 39.4. The maximum absolute atomic E-state index is 13.5. The van der Waals surface area contributed by atoms with Crippen molar-refractivity contribution in [3.05, 3.63) is 63.9 Å². The van der Waals surface area contributed by atoms with E-state index in [-0.39, 0.29) is 16.3 Å². The Kier molecular flexibility index (Phi) is 3.48. The van der Waals surface area contributed by atoms with E-state index in [0.29, 0.717) is 12.1 Å². The van der Waals surface area contributed by atoms with Crippen molar-refractivity contribution in [3.63, 3.8) is 0 Å². The molecule has 2 aromatic carbocycles. The molecule has 0 fully saturated rings. The second-order valence-electron chi connectivity index (χ2n) is 3.78. The maximum atomic E-state index is 13.5. The summed E-state index contributed by atoms with van der Waals surface area (Å²) in [5.41, 5.74) is 4.88. The Balaban J connectivity index is 2.56. The molecule has 0 amide bonds. The summed E-state index contributed by atoms with van der Waals surface area (Å²) in [5, 5.41) is 0.119. The number of nitrogens with two attached hydrogens (primary N) is 1. The van der Waals surface area contributed by atoms with Gasteiger partial charge in [-0.2, -0.15) is 0 Å². The number of benzene rings is 2. The van der Waals surface area contributed by atoms with Crippen molar-refractivity contribution in [2.75, 3.05) is 5.73 Å². The third kappa shape index (κ3) is 2.42. The van der Waals surface area contributed by atoms with E-state index >= 15 is 0 Å². The molecule has 0 radical (unpaired) electrons. The number of carbonyl (C=O) groups excluding carboxylic acids is 1. The van der Waals surface area contributed by atoms with E-state index in [1.54, 1.807) is 0 Å². The molecule has 2 N–H and O–H groups in total. The molecular weight excluding hydrogens is 279 g/mol. The smallest absolute Gasteiger partial charge is 0.198 e. The fourth-order valence-corrected chi connectivity index (χ4v) is 1.75. The number of hydrogen-bond acceptors (Lipinski definition) is 2. The van der Waals surface area contributed by atoms with Crippen LogP contribution in [0.4, 0.5) is 18.9 Å². The first-order chi connectivity index (χ1) is 8.91. The molecule has 0 unspecified atom stereocenters. The number of nitrogen functional groups attached to an aromatic ring is 1. The SMILES string of the molecule is Nc1c(Cl)cccc1C(=O)c1cc(F)c(F)cc1F. The van der Waals surface area contributed by atoms with E-state index in [2.05, 4.69) is 0 Å². The van der Waals surface area contributed by atoms with E-state index in [0.717, 1.165) is 0 Å². The van der Waals surface area contributed by atoms with Gasteiger partial charge in [0.15, 0.2) is 17.4 Å². The minimum absolute atomic E-state index is 0.0432. The Bertz CT molecular complexity index is 673. The molecule has 0 aliphatic carbocycles. The van der Waals surface area contributed by atoms with Gasteiger partial charge in [-0.1, -0.05) is 17.7 Å². The molecule has 0 aromatic heterocycles. The van der Waals surface area contributed by atoms with E-state index in [1.807, 2.05) is 0 Å². The largest absolute Gasteiger partial charge is 0.397 e. The second-order valence-corrected chi connectivity index (χ2v) is 4.18. The average molecular weight is 286 g/mol. The lowest BCUT2D eigenvalue weighted by atomic mass is 10.0. The van der Waals surface area contributed by atoms with Gasteiger partial charge in [0.25, 0.3) is 0 Å². The van der Waals surface area contributed by atoms with Crippen LogP contribution in [-0.4, -0.2) is 5.78 Å². The topological polar surface area (TPSA) is 43.1 Å². The molecule has 0 spiro atoms. The summed E-state index contributed by atoms with van der Waals surface area (Å²) in [6.07, 6.45) is 0. The van der Waals surface area contributed by atoms with Gasteiger partial charge < -0.3 is 5.73 Å². The number of ketones is 1. The number of hydrogen-bond donors (Lipinski definition) is 1. The number of halogens is 4. The summed E-state index contributed by atoms with van der Waals surface area (Å²) in [5.74, 6) is -4.71. The Morgan fingerprint density at radius 3 is 2.32 bits per heavy atom. The van der Waals surface area contributed by atoms with Gasteiger partial charge in [-0.25, -0.2) is 13.2 Å². The maximum Gasteiger partial charge on any atom is 0.198 e. The number of para-hydroxylation sites is 1. The lowest BCUT2D eigenvalue weighted by molar-refractivity contribution is 0.103. The van der Waals surface area contributed by atoms with Crippen LogP contribution < -0.4 is 5.73 Å². The average Bonchev–Trinajstić information content (AvgIpc) is 2.36. The van der Waals surface area contributed by atoms with Gasteiger partial charge in [0.05, 0.1) is 16.3 Å². The van der Waals surface area contributed by atoms with Crippen LogP contribution >= 0.6 is 11.6 Å². The molecule has 19 heavy (non-hydrogen) atoms. The highest BCUT2D eigenvalue weighted by atomic mass is 35.5. The summed E-state index contributed by atoms with van der Waals surface area (Å²) in [4.78, 5) is 12.0. The van der Waals surface area contributed by atoms with Crippen molar-refractivity contribution in [1.82, 2.24) is 0 Å². The number of rotatable bonds is 2.